The van der Waals surface area contributed by atoms with Gasteiger partial charge in [-0.25, -0.2) is 4.39 Å². The Bertz CT molecular complexity index is 514. The van der Waals surface area contributed by atoms with Crippen molar-refractivity contribution in [1.82, 2.24) is 10.6 Å². The molecule has 21 heavy (non-hydrogen) atoms. The van der Waals surface area contributed by atoms with Gasteiger partial charge in [0.2, 0.25) is 0 Å². The molecule has 0 saturated carbocycles. The number of rotatable bonds is 6. The summed E-state index contributed by atoms with van der Waals surface area (Å²) >= 11 is 0. The zero-order chi connectivity index (χ0) is 15.8. The molecule has 0 radical (unpaired) electrons. The molecule has 0 aliphatic rings. The van der Waals surface area contributed by atoms with Crippen LogP contribution in [0.5, 0.6) is 0 Å². The molecule has 7 heteroatoms. The SMILES string of the molecule is CC(C)NC(=O)COC(=O)CNC(=O)c1ccc(F)cc1. The number of hydrogen-bond acceptors (Lipinski definition) is 4. The van der Waals surface area contributed by atoms with Gasteiger partial charge in [-0.15, -0.1) is 0 Å². The number of carbonyl (C=O) groups is 3. The fourth-order valence-electron chi connectivity index (χ4n) is 1.42. The van der Waals surface area contributed by atoms with Crippen LogP contribution in [0.4, 0.5) is 4.39 Å². The molecule has 2 N–H and O–H groups in total. The van der Waals surface area contributed by atoms with Gasteiger partial charge in [-0.05, 0) is 38.1 Å². The van der Waals surface area contributed by atoms with Crippen molar-refractivity contribution in [2.24, 2.45) is 0 Å². The number of ether oxygens (including phenoxy) is 1. The van der Waals surface area contributed by atoms with Crippen molar-refractivity contribution in [2.45, 2.75) is 19.9 Å². The first-order chi connectivity index (χ1) is 9.88. The van der Waals surface area contributed by atoms with Gasteiger partial charge in [0.25, 0.3) is 11.8 Å². The molecule has 0 unspecified atom stereocenters. The average molecular weight is 296 g/mol. The maximum Gasteiger partial charge on any atom is 0.325 e. The molecule has 0 bridgehead atoms. The Morgan fingerprint density at radius 3 is 2.38 bits per heavy atom. The number of amides is 2. The standard InChI is InChI=1S/C14H17FN2O4/c1-9(2)17-12(18)8-21-13(19)7-16-14(20)10-3-5-11(15)6-4-10/h3-6,9H,7-8H2,1-2H3,(H,16,20)(H,17,18). The van der Waals surface area contributed by atoms with E-state index < -0.39 is 30.2 Å². The van der Waals surface area contributed by atoms with Gasteiger partial charge in [0, 0.05) is 11.6 Å². The van der Waals surface area contributed by atoms with E-state index in [0.29, 0.717) is 0 Å². The molecule has 1 rings (SSSR count). The normalized spacial score (nSPS) is 10.1. The van der Waals surface area contributed by atoms with E-state index in [9.17, 15) is 18.8 Å². The lowest BCUT2D eigenvalue weighted by Crippen LogP contribution is -2.36. The summed E-state index contributed by atoms with van der Waals surface area (Å²) in [5.41, 5.74) is 0.224. The summed E-state index contributed by atoms with van der Waals surface area (Å²) < 4.78 is 17.4. The topological polar surface area (TPSA) is 84.5 Å². The molecular weight excluding hydrogens is 279 g/mol. The predicted octanol–water partition coefficient (Wildman–Crippen LogP) is 0.623. The van der Waals surface area contributed by atoms with Crippen molar-refractivity contribution in [3.05, 3.63) is 35.6 Å². The van der Waals surface area contributed by atoms with E-state index in [0.717, 1.165) is 12.1 Å². The molecular formula is C14H17FN2O4. The van der Waals surface area contributed by atoms with Crippen molar-refractivity contribution in [3.8, 4) is 0 Å². The highest BCUT2D eigenvalue weighted by molar-refractivity contribution is 5.96. The third kappa shape index (κ3) is 6.51. The van der Waals surface area contributed by atoms with Crippen LogP contribution in [0.15, 0.2) is 24.3 Å². The van der Waals surface area contributed by atoms with Gasteiger partial charge in [-0.2, -0.15) is 0 Å². The Balaban J connectivity index is 2.31. The second-order valence-electron chi connectivity index (χ2n) is 4.57. The molecule has 114 valence electrons. The van der Waals surface area contributed by atoms with E-state index >= 15 is 0 Å². The van der Waals surface area contributed by atoms with Gasteiger partial charge in [0.1, 0.15) is 12.4 Å². The summed E-state index contributed by atoms with van der Waals surface area (Å²) in [4.78, 5) is 34.2. The van der Waals surface area contributed by atoms with Crippen molar-refractivity contribution in [3.63, 3.8) is 0 Å². The maximum atomic E-state index is 12.7. The van der Waals surface area contributed by atoms with Crippen LogP contribution in [-0.2, 0) is 14.3 Å². The van der Waals surface area contributed by atoms with Gasteiger partial charge in [0.05, 0.1) is 0 Å². The molecule has 0 aliphatic heterocycles. The number of nitrogens with one attached hydrogen (secondary N) is 2. The van der Waals surface area contributed by atoms with Crippen LogP contribution in [0.25, 0.3) is 0 Å². The van der Waals surface area contributed by atoms with Crippen molar-refractivity contribution in [2.75, 3.05) is 13.2 Å². The minimum atomic E-state index is -0.732. The van der Waals surface area contributed by atoms with Crippen LogP contribution in [0.2, 0.25) is 0 Å². The summed E-state index contributed by atoms with van der Waals surface area (Å²) in [6.07, 6.45) is 0. The van der Waals surface area contributed by atoms with E-state index in [2.05, 4.69) is 15.4 Å². The summed E-state index contributed by atoms with van der Waals surface area (Å²) in [5, 5.41) is 4.87. The smallest absolute Gasteiger partial charge is 0.325 e. The van der Waals surface area contributed by atoms with Gasteiger partial charge < -0.3 is 15.4 Å². The van der Waals surface area contributed by atoms with Crippen LogP contribution < -0.4 is 10.6 Å². The summed E-state index contributed by atoms with van der Waals surface area (Å²) in [7, 11) is 0. The first-order valence-electron chi connectivity index (χ1n) is 6.37. The molecule has 2 amide bonds. The second-order valence-corrected chi connectivity index (χ2v) is 4.57. The zero-order valence-electron chi connectivity index (χ0n) is 11.8. The Morgan fingerprint density at radius 1 is 1.19 bits per heavy atom. The lowest BCUT2D eigenvalue weighted by Gasteiger charge is -2.09. The largest absolute Gasteiger partial charge is 0.454 e. The fraction of sp³-hybridized carbons (Fsp3) is 0.357. The summed E-state index contributed by atoms with van der Waals surface area (Å²) in [6.45, 7) is 2.79. The number of carbonyl (C=O) groups excluding carboxylic acids is 3. The van der Waals surface area contributed by atoms with Crippen LogP contribution in [0, 0.1) is 5.82 Å². The monoisotopic (exact) mass is 296 g/mol. The molecule has 0 atom stereocenters. The second kappa shape index (κ2) is 7.98. The Kier molecular flexibility index (Phi) is 6.32. The minimum absolute atomic E-state index is 0.0469. The Morgan fingerprint density at radius 2 is 1.81 bits per heavy atom. The molecule has 0 aromatic heterocycles. The average Bonchev–Trinajstić information content (AvgIpc) is 2.42. The van der Waals surface area contributed by atoms with E-state index in [1.807, 2.05) is 0 Å². The highest BCUT2D eigenvalue weighted by Gasteiger charge is 2.11. The predicted molar refractivity (Wildman–Crippen MR) is 73.0 cm³/mol. The third-order valence-corrected chi connectivity index (χ3v) is 2.31. The van der Waals surface area contributed by atoms with E-state index in [4.69, 9.17) is 0 Å². The van der Waals surface area contributed by atoms with Crippen LogP contribution in [0.3, 0.4) is 0 Å². The van der Waals surface area contributed by atoms with Crippen LogP contribution >= 0.6 is 0 Å². The van der Waals surface area contributed by atoms with Crippen LogP contribution in [0.1, 0.15) is 24.2 Å². The van der Waals surface area contributed by atoms with Crippen LogP contribution in [-0.4, -0.2) is 37.0 Å². The highest BCUT2D eigenvalue weighted by Crippen LogP contribution is 2.02. The minimum Gasteiger partial charge on any atom is -0.454 e. The number of benzene rings is 1. The Hall–Kier alpha value is -2.44. The summed E-state index contributed by atoms with van der Waals surface area (Å²) in [5.74, 6) is -2.13. The number of esters is 1. The lowest BCUT2D eigenvalue weighted by atomic mass is 10.2. The summed E-state index contributed by atoms with van der Waals surface area (Å²) in [6, 6.07) is 4.83. The van der Waals surface area contributed by atoms with Crippen molar-refractivity contribution < 1.29 is 23.5 Å². The van der Waals surface area contributed by atoms with Crippen molar-refractivity contribution in [1.29, 1.82) is 0 Å². The lowest BCUT2D eigenvalue weighted by molar-refractivity contribution is -0.147. The molecule has 0 aliphatic carbocycles. The number of halogens is 1. The molecule has 6 nitrogen and oxygen atoms in total. The first-order valence-corrected chi connectivity index (χ1v) is 6.37. The molecule has 0 fully saturated rings. The van der Waals surface area contributed by atoms with E-state index in [-0.39, 0.29) is 18.2 Å². The van der Waals surface area contributed by atoms with Gasteiger partial charge in [-0.3, -0.25) is 14.4 Å². The number of hydrogen-bond donors (Lipinski definition) is 2. The van der Waals surface area contributed by atoms with Gasteiger partial charge in [-0.1, -0.05) is 0 Å². The van der Waals surface area contributed by atoms with Gasteiger partial charge >= 0.3 is 5.97 Å². The molecule has 0 heterocycles. The Labute approximate surface area is 121 Å². The first kappa shape index (κ1) is 16.6. The third-order valence-electron chi connectivity index (χ3n) is 2.31. The molecule has 0 spiro atoms. The van der Waals surface area contributed by atoms with Crippen molar-refractivity contribution >= 4 is 17.8 Å². The molecule has 1 aromatic rings. The quantitative estimate of drug-likeness (QED) is 0.754. The molecule has 0 saturated heterocycles. The van der Waals surface area contributed by atoms with E-state index in [1.165, 1.54) is 12.1 Å². The zero-order valence-corrected chi connectivity index (χ0v) is 11.8. The highest BCUT2D eigenvalue weighted by atomic mass is 19.1. The molecule has 1 aromatic carbocycles. The van der Waals surface area contributed by atoms with Gasteiger partial charge in [0.15, 0.2) is 6.61 Å². The maximum absolute atomic E-state index is 12.7. The van der Waals surface area contributed by atoms with E-state index in [1.54, 1.807) is 13.8 Å². The fourth-order valence-corrected chi connectivity index (χ4v) is 1.42.